The summed E-state index contributed by atoms with van der Waals surface area (Å²) in [6.45, 7) is 0. The first kappa shape index (κ1) is 31.3. The maximum absolute atomic E-state index is 6.77. The SMILES string of the molecule is CN1c2c(oc3ccccc23)C(c2ccccc2)=NC1c1cccc2c1C1=CC(n3c4ccc(-c5ccccc5)cc4c4c5ccccc5ccc43)=CCC1O2. The first-order valence-corrected chi connectivity index (χ1v) is 19.3. The summed E-state index contributed by atoms with van der Waals surface area (Å²) in [5.74, 6) is 1.70. The largest absolute Gasteiger partial charge is 0.485 e. The zero-order valence-electron chi connectivity index (χ0n) is 30.7. The molecule has 3 aliphatic rings. The summed E-state index contributed by atoms with van der Waals surface area (Å²) in [5.41, 5.74) is 13.2. The van der Waals surface area contributed by atoms with Crippen LogP contribution in [-0.2, 0) is 0 Å². The van der Waals surface area contributed by atoms with Crippen molar-refractivity contribution in [3.05, 3.63) is 192 Å². The molecule has 12 rings (SSSR count). The first-order chi connectivity index (χ1) is 27.7. The van der Waals surface area contributed by atoms with Gasteiger partial charge in [0.1, 0.15) is 29.3 Å². The highest BCUT2D eigenvalue weighted by atomic mass is 16.5. The molecular weight excluding hydrogens is 687 g/mol. The fraction of sp³-hybridized carbons (Fsp3) is 0.0784. The Morgan fingerprint density at radius 2 is 1.39 bits per heavy atom. The van der Waals surface area contributed by atoms with Crippen LogP contribution in [0.3, 0.4) is 0 Å². The molecule has 2 atom stereocenters. The zero-order valence-corrected chi connectivity index (χ0v) is 30.7. The lowest BCUT2D eigenvalue weighted by molar-refractivity contribution is 0.279. The molecule has 0 fully saturated rings. The molecule has 7 aromatic carbocycles. The van der Waals surface area contributed by atoms with Crippen LogP contribution in [0.5, 0.6) is 5.75 Å². The standard InChI is InChI=1S/C51H35N3O2/c1-53-49-37-19-10-11-21-43(37)56-50(49)48(33-16-6-3-7-17-33)52-51(53)38-20-12-22-45-47(38)40-30-35(25-28-44(40)55-45)54-41-26-24-34(31-13-4-2-5-14-31)29-39(41)46-36-18-9-8-15-32(36)23-27-42(46)54/h2-27,29-30,44,51H,28H2,1H3. The van der Waals surface area contributed by atoms with Gasteiger partial charge >= 0.3 is 0 Å². The van der Waals surface area contributed by atoms with E-state index in [9.17, 15) is 0 Å². The third-order valence-corrected chi connectivity index (χ3v) is 11.9. The predicted octanol–water partition coefficient (Wildman–Crippen LogP) is 12.4. The molecule has 0 saturated heterocycles. The number of ether oxygens (including phenoxy) is 1. The van der Waals surface area contributed by atoms with E-state index >= 15 is 0 Å². The minimum Gasteiger partial charge on any atom is -0.485 e. The third-order valence-electron chi connectivity index (χ3n) is 11.9. The van der Waals surface area contributed by atoms with Gasteiger partial charge in [-0.25, -0.2) is 0 Å². The second-order valence-corrected chi connectivity index (χ2v) is 15.0. The lowest BCUT2D eigenvalue weighted by atomic mass is 9.90. The number of hydrogen-bond donors (Lipinski definition) is 0. The Morgan fingerprint density at radius 3 is 2.25 bits per heavy atom. The van der Waals surface area contributed by atoms with E-state index in [0.717, 1.165) is 62.7 Å². The Balaban J connectivity index is 1.04. The van der Waals surface area contributed by atoms with Crippen LogP contribution in [-0.4, -0.2) is 23.4 Å². The predicted molar refractivity (Wildman–Crippen MR) is 230 cm³/mol. The van der Waals surface area contributed by atoms with Crippen molar-refractivity contribution in [2.45, 2.75) is 18.7 Å². The van der Waals surface area contributed by atoms with Crippen LogP contribution in [0, 0.1) is 0 Å². The molecule has 2 aromatic heterocycles. The number of para-hydroxylation sites is 1. The number of aliphatic imine (C=N–C) groups is 1. The summed E-state index contributed by atoms with van der Waals surface area (Å²) in [6.07, 6.45) is 5.10. The molecule has 5 nitrogen and oxygen atoms in total. The van der Waals surface area contributed by atoms with Gasteiger partial charge in [0.25, 0.3) is 0 Å². The van der Waals surface area contributed by atoms with Crippen LogP contribution in [0.15, 0.2) is 179 Å². The van der Waals surface area contributed by atoms with Crippen molar-refractivity contribution in [2.24, 2.45) is 4.99 Å². The minimum absolute atomic E-state index is 0.0784. The number of hydrogen-bond acceptors (Lipinski definition) is 4. The van der Waals surface area contributed by atoms with Crippen molar-refractivity contribution in [3.8, 4) is 16.9 Å². The molecule has 5 heteroatoms. The highest BCUT2D eigenvalue weighted by molar-refractivity contribution is 6.23. The number of nitrogens with zero attached hydrogens (tertiary/aromatic N) is 3. The van der Waals surface area contributed by atoms with Gasteiger partial charge in [-0.1, -0.05) is 127 Å². The number of fused-ring (bicyclic) bond motifs is 11. The molecule has 266 valence electrons. The second-order valence-electron chi connectivity index (χ2n) is 15.0. The quantitative estimate of drug-likeness (QED) is 0.182. The molecule has 0 saturated carbocycles. The number of benzene rings is 7. The monoisotopic (exact) mass is 721 g/mol. The van der Waals surface area contributed by atoms with Gasteiger partial charge in [-0.15, -0.1) is 0 Å². The fourth-order valence-corrected chi connectivity index (χ4v) is 9.38. The molecule has 2 unspecified atom stereocenters. The maximum atomic E-state index is 6.77. The summed E-state index contributed by atoms with van der Waals surface area (Å²) in [7, 11) is 2.14. The van der Waals surface area contributed by atoms with Crippen molar-refractivity contribution < 1.29 is 9.15 Å². The van der Waals surface area contributed by atoms with E-state index in [1.54, 1.807) is 0 Å². The molecule has 56 heavy (non-hydrogen) atoms. The molecule has 0 radical (unpaired) electrons. The Bertz CT molecular complexity index is 3170. The van der Waals surface area contributed by atoms with Gasteiger partial charge in [0.05, 0.1) is 16.7 Å². The van der Waals surface area contributed by atoms with Crippen molar-refractivity contribution >= 4 is 66.2 Å². The molecular formula is C51H35N3O2. The Morgan fingerprint density at radius 1 is 0.643 bits per heavy atom. The van der Waals surface area contributed by atoms with Crippen LogP contribution in [0.2, 0.25) is 0 Å². The lowest BCUT2D eigenvalue weighted by Crippen LogP contribution is -2.30. The van der Waals surface area contributed by atoms with Crippen molar-refractivity contribution in [1.82, 2.24) is 4.57 Å². The van der Waals surface area contributed by atoms with E-state index in [4.69, 9.17) is 14.1 Å². The lowest BCUT2D eigenvalue weighted by Gasteiger charge is -2.33. The highest BCUT2D eigenvalue weighted by Gasteiger charge is 2.39. The Kier molecular flexibility index (Phi) is 6.67. The molecule has 0 N–H and O–H groups in total. The second kappa shape index (κ2) is 11.9. The van der Waals surface area contributed by atoms with Gasteiger partial charge in [-0.3, -0.25) is 4.99 Å². The van der Waals surface area contributed by atoms with Gasteiger partial charge in [0, 0.05) is 57.6 Å². The van der Waals surface area contributed by atoms with Gasteiger partial charge in [0.15, 0.2) is 5.76 Å². The van der Waals surface area contributed by atoms with Crippen molar-refractivity contribution in [1.29, 1.82) is 0 Å². The summed E-state index contributed by atoms with van der Waals surface area (Å²) in [6, 6.07) is 56.0. The Labute approximate surface area is 323 Å². The Hall–Kier alpha value is -7.11. The van der Waals surface area contributed by atoms with E-state index in [0.29, 0.717) is 0 Å². The maximum Gasteiger partial charge on any atom is 0.177 e. The summed E-state index contributed by atoms with van der Waals surface area (Å²) in [5, 5.41) is 6.10. The topological polar surface area (TPSA) is 42.9 Å². The number of allylic oxidation sites excluding steroid dienone is 2. The molecule has 9 aromatic rings. The number of rotatable bonds is 4. The van der Waals surface area contributed by atoms with Crippen LogP contribution in [0.1, 0.15) is 35.0 Å². The molecule has 0 amide bonds. The minimum atomic E-state index is -0.303. The molecule has 1 aliphatic carbocycles. The number of furan rings is 1. The van der Waals surface area contributed by atoms with Crippen molar-refractivity contribution in [3.63, 3.8) is 0 Å². The van der Waals surface area contributed by atoms with Crippen LogP contribution >= 0.6 is 0 Å². The van der Waals surface area contributed by atoms with E-state index in [1.807, 2.05) is 18.2 Å². The normalized spacial score (nSPS) is 17.4. The van der Waals surface area contributed by atoms with Crippen LogP contribution in [0.4, 0.5) is 5.69 Å². The fourth-order valence-electron chi connectivity index (χ4n) is 9.38. The summed E-state index contributed by atoms with van der Waals surface area (Å²) in [4.78, 5) is 7.79. The zero-order chi connectivity index (χ0) is 36.9. The van der Waals surface area contributed by atoms with E-state index in [-0.39, 0.29) is 12.3 Å². The average Bonchev–Trinajstić information content (AvgIpc) is 3.94. The number of anilines is 1. The number of aromatic nitrogens is 1. The summed E-state index contributed by atoms with van der Waals surface area (Å²) >= 11 is 0. The first-order valence-electron chi connectivity index (χ1n) is 19.3. The van der Waals surface area contributed by atoms with Gasteiger partial charge in [0.2, 0.25) is 0 Å². The highest BCUT2D eigenvalue weighted by Crippen LogP contribution is 2.50. The van der Waals surface area contributed by atoms with E-state index in [2.05, 4.69) is 168 Å². The molecule has 2 aliphatic heterocycles. The van der Waals surface area contributed by atoms with Gasteiger partial charge in [-0.2, -0.15) is 0 Å². The molecule has 4 heterocycles. The van der Waals surface area contributed by atoms with Crippen molar-refractivity contribution in [2.75, 3.05) is 11.9 Å². The average molecular weight is 722 g/mol. The smallest absolute Gasteiger partial charge is 0.177 e. The van der Waals surface area contributed by atoms with Crippen LogP contribution in [0.25, 0.3) is 65.9 Å². The molecule has 0 spiro atoms. The van der Waals surface area contributed by atoms with E-state index in [1.165, 1.54) is 49.3 Å². The molecule has 0 bridgehead atoms. The van der Waals surface area contributed by atoms with Gasteiger partial charge < -0.3 is 18.6 Å². The van der Waals surface area contributed by atoms with Gasteiger partial charge in [-0.05, 0) is 64.4 Å². The van der Waals surface area contributed by atoms with E-state index < -0.39 is 0 Å². The third kappa shape index (κ3) is 4.51. The van der Waals surface area contributed by atoms with Crippen LogP contribution < -0.4 is 9.64 Å². The summed E-state index contributed by atoms with van der Waals surface area (Å²) < 4.78 is 15.8.